The lowest BCUT2D eigenvalue weighted by atomic mass is 10.1. The molecule has 0 unspecified atom stereocenters. The minimum Gasteiger partial charge on any atom is -0.337 e. The predicted octanol–water partition coefficient (Wildman–Crippen LogP) is 2.62. The van der Waals surface area contributed by atoms with Gasteiger partial charge in [0.25, 0.3) is 0 Å². The topological polar surface area (TPSA) is 60.9 Å². The maximum Gasteiger partial charge on any atom is 0.308 e. The molecule has 0 N–H and O–H groups in total. The summed E-state index contributed by atoms with van der Waals surface area (Å²) in [5, 5.41) is 5.62. The van der Waals surface area contributed by atoms with Crippen LogP contribution < -0.4 is 4.87 Å². The molecule has 0 spiro atoms. The third kappa shape index (κ3) is 2.30. The van der Waals surface area contributed by atoms with Gasteiger partial charge < -0.3 is 4.52 Å². The van der Waals surface area contributed by atoms with Crippen LogP contribution in [0.5, 0.6) is 0 Å². The third-order valence-electron chi connectivity index (χ3n) is 3.07. The number of benzene rings is 1. The minimum atomic E-state index is -0.0286. The Morgan fingerprint density at radius 3 is 2.80 bits per heavy atom. The van der Waals surface area contributed by atoms with Gasteiger partial charge in [-0.05, 0) is 19.4 Å². The highest BCUT2D eigenvalue weighted by Gasteiger charge is 2.13. The Bertz CT molecular complexity index is 801. The van der Waals surface area contributed by atoms with Crippen LogP contribution in [0.3, 0.4) is 0 Å². The van der Waals surface area contributed by atoms with Crippen LogP contribution in [0.15, 0.2) is 39.0 Å². The van der Waals surface area contributed by atoms with Crippen molar-refractivity contribution in [1.29, 1.82) is 0 Å². The lowest BCUT2D eigenvalue weighted by Gasteiger charge is -2.07. The normalized spacial score (nSPS) is 10.9. The van der Waals surface area contributed by atoms with E-state index in [0.29, 0.717) is 18.3 Å². The standard InChI is InChI=1S/C14H13N3O2S/c1-9-5-3-4-6-11(9)12-8-20-14(18)17(12)7-13-15-10(2)16-19-13/h3-6,8H,7H2,1-2H3. The molecule has 2 aromatic heterocycles. The molecule has 0 aliphatic heterocycles. The maximum atomic E-state index is 12.0. The SMILES string of the molecule is Cc1noc(Cn2c(-c3ccccc3C)csc2=O)n1. The van der Waals surface area contributed by atoms with Gasteiger partial charge in [-0.2, -0.15) is 4.98 Å². The summed E-state index contributed by atoms with van der Waals surface area (Å²) in [4.78, 5) is 16.1. The molecule has 0 amide bonds. The summed E-state index contributed by atoms with van der Waals surface area (Å²) in [6.45, 7) is 4.08. The second kappa shape index (κ2) is 5.05. The van der Waals surface area contributed by atoms with Crippen molar-refractivity contribution in [2.45, 2.75) is 20.4 Å². The zero-order valence-corrected chi connectivity index (χ0v) is 12.0. The van der Waals surface area contributed by atoms with Gasteiger partial charge in [-0.25, -0.2) is 0 Å². The van der Waals surface area contributed by atoms with Gasteiger partial charge in [0.15, 0.2) is 5.82 Å². The van der Waals surface area contributed by atoms with Crippen molar-refractivity contribution in [2.24, 2.45) is 0 Å². The molecule has 3 rings (SSSR count). The quantitative estimate of drug-likeness (QED) is 0.743. The Morgan fingerprint density at radius 2 is 2.10 bits per heavy atom. The van der Waals surface area contributed by atoms with E-state index in [1.165, 1.54) is 11.3 Å². The molecular weight excluding hydrogens is 274 g/mol. The average Bonchev–Trinajstić information content (AvgIpc) is 2.99. The first-order valence-corrected chi connectivity index (χ1v) is 7.06. The van der Waals surface area contributed by atoms with Crippen molar-refractivity contribution >= 4 is 11.3 Å². The minimum absolute atomic E-state index is 0.0286. The molecule has 0 bridgehead atoms. The first-order valence-electron chi connectivity index (χ1n) is 6.18. The highest BCUT2D eigenvalue weighted by atomic mass is 32.1. The molecule has 102 valence electrons. The van der Waals surface area contributed by atoms with E-state index in [9.17, 15) is 4.79 Å². The van der Waals surface area contributed by atoms with Crippen LogP contribution in [-0.2, 0) is 6.54 Å². The van der Waals surface area contributed by atoms with E-state index in [4.69, 9.17) is 4.52 Å². The largest absolute Gasteiger partial charge is 0.337 e. The van der Waals surface area contributed by atoms with Crippen molar-refractivity contribution < 1.29 is 4.52 Å². The average molecular weight is 287 g/mol. The van der Waals surface area contributed by atoms with Crippen LogP contribution in [0, 0.1) is 13.8 Å². The summed E-state index contributed by atoms with van der Waals surface area (Å²) in [6.07, 6.45) is 0. The fourth-order valence-corrected chi connectivity index (χ4v) is 2.85. The molecule has 0 saturated heterocycles. The number of aromatic nitrogens is 3. The monoisotopic (exact) mass is 287 g/mol. The van der Waals surface area contributed by atoms with Crippen LogP contribution in [-0.4, -0.2) is 14.7 Å². The van der Waals surface area contributed by atoms with E-state index in [-0.39, 0.29) is 4.87 Å². The van der Waals surface area contributed by atoms with E-state index < -0.39 is 0 Å². The zero-order chi connectivity index (χ0) is 14.1. The van der Waals surface area contributed by atoms with Crippen LogP contribution in [0.2, 0.25) is 0 Å². The van der Waals surface area contributed by atoms with Gasteiger partial charge in [0.2, 0.25) is 5.89 Å². The van der Waals surface area contributed by atoms with Crippen LogP contribution in [0.4, 0.5) is 0 Å². The van der Waals surface area contributed by atoms with E-state index >= 15 is 0 Å². The van der Waals surface area contributed by atoms with Crippen LogP contribution in [0.1, 0.15) is 17.3 Å². The summed E-state index contributed by atoms with van der Waals surface area (Å²) in [5.41, 5.74) is 3.05. The molecule has 20 heavy (non-hydrogen) atoms. The zero-order valence-electron chi connectivity index (χ0n) is 11.2. The molecule has 0 saturated carbocycles. The van der Waals surface area contributed by atoms with E-state index in [1.807, 2.05) is 36.6 Å². The Morgan fingerprint density at radius 1 is 1.30 bits per heavy atom. The molecule has 0 fully saturated rings. The number of rotatable bonds is 3. The smallest absolute Gasteiger partial charge is 0.308 e. The van der Waals surface area contributed by atoms with E-state index in [1.54, 1.807) is 11.5 Å². The van der Waals surface area contributed by atoms with Crippen molar-refractivity contribution in [3.8, 4) is 11.3 Å². The van der Waals surface area contributed by atoms with E-state index in [2.05, 4.69) is 10.1 Å². The van der Waals surface area contributed by atoms with Gasteiger partial charge in [-0.15, -0.1) is 0 Å². The number of nitrogens with zero attached hydrogens (tertiary/aromatic N) is 3. The number of aryl methyl sites for hydroxylation is 2. The molecule has 0 radical (unpaired) electrons. The van der Waals surface area contributed by atoms with Gasteiger partial charge in [-0.3, -0.25) is 9.36 Å². The Kier molecular flexibility index (Phi) is 3.23. The van der Waals surface area contributed by atoms with Crippen molar-refractivity contribution in [3.05, 3.63) is 56.6 Å². The third-order valence-corrected chi connectivity index (χ3v) is 3.83. The molecule has 5 nitrogen and oxygen atoms in total. The first-order chi connectivity index (χ1) is 9.65. The molecule has 0 aliphatic carbocycles. The summed E-state index contributed by atoms with van der Waals surface area (Å²) in [7, 11) is 0. The summed E-state index contributed by atoms with van der Waals surface area (Å²) >= 11 is 1.18. The van der Waals surface area contributed by atoms with Gasteiger partial charge in [0.1, 0.15) is 6.54 Å². The van der Waals surface area contributed by atoms with Gasteiger partial charge in [0.05, 0.1) is 5.69 Å². The second-order valence-electron chi connectivity index (χ2n) is 4.52. The molecule has 2 heterocycles. The fraction of sp³-hybridized carbons (Fsp3) is 0.214. The van der Waals surface area contributed by atoms with E-state index in [0.717, 1.165) is 16.8 Å². The molecular formula is C14H13N3O2S. The summed E-state index contributed by atoms with van der Waals surface area (Å²) in [5.74, 6) is 1.01. The van der Waals surface area contributed by atoms with Crippen molar-refractivity contribution in [1.82, 2.24) is 14.7 Å². The molecule has 0 aliphatic rings. The lowest BCUT2D eigenvalue weighted by Crippen LogP contribution is -2.15. The molecule has 1 aromatic carbocycles. The number of thiazole rings is 1. The van der Waals surface area contributed by atoms with Gasteiger partial charge >= 0.3 is 4.87 Å². The van der Waals surface area contributed by atoms with Gasteiger partial charge in [0, 0.05) is 10.9 Å². The highest BCUT2D eigenvalue weighted by Crippen LogP contribution is 2.24. The first kappa shape index (κ1) is 12.8. The molecule has 6 heteroatoms. The Labute approximate surface area is 119 Å². The summed E-state index contributed by atoms with van der Waals surface area (Å²) < 4.78 is 6.76. The lowest BCUT2D eigenvalue weighted by molar-refractivity contribution is 0.367. The van der Waals surface area contributed by atoms with Crippen molar-refractivity contribution in [3.63, 3.8) is 0 Å². The highest BCUT2D eigenvalue weighted by molar-refractivity contribution is 7.07. The number of hydrogen-bond donors (Lipinski definition) is 0. The maximum absolute atomic E-state index is 12.0. The molecule has 0 atom stereocenters. The fourth-order valence-electron chi connectivity index (χ4n) is 2.09. The second-order valence-corrected chi connectivity index (χ2v) is 5.34. The van der Waals surface area contributed by atoms with Crippen LogP contribution >= 0.6 is 11.3 Å². The van der Waals surface area contributed by atoms with Gasteiger partial charge in [-0.1, -0.05) is 40.8 Å². The predicted molar refractivity (Wildman–Crippen MR) is 76.9 cm³/mol. The number of hydrogen-bond acceptors (Lipinski definition) is 5. The van der Waals surface area contributed by atoms with Crippen LogP contribution in [0.25, 0.3) is 11.3 Å². The molecule has 3 aromatic rings. The van der Waals surface area contributed by atoms with Crippen molar-refractivity contribution in [2.75, 3.05) is 0 Å². The summed E-state index contributed by atoms with van der Waals surface area (Å²) in [6, 6.07) is 7.98. The Hall–Kier alpha value is -2.21. The Balaban J connectivity index is 2.06.